The molecule has 3 nitrogen and oxygen atoms in total. The zero-order valence-electron chi connectivity index (χ0n) is 11.4. The maximum Gasteiger partial charge on any atom is 0.0984 e. The molecule has 2 aromatic rings. The van der Waals surface area contributed by atoms with Gasteiger partial charge in [-0.2, -0.15) is 0 Å². The molecule has 1 saturated heterocycles. The summed E-state index contributed by atoms with van der Waals surface area (Å²) in [5, 5.41) is 1.23. The fourth-order valence-electron chi connectivity index (χ4n) is 2.97. The molecule has 0 amide bonds. The zero-order chi connectivity index (χ0) is 13.2. The van der Waals surface area contributed by atoms with Crippen LogP contribution in [-0.2, 0) is 0 Å². The van der Waals surface area contributed by atoms with Crippen molar-refractivity contribution >= 4 is 21.6 Å². The molecule has 1 atom stereocenters. The van der Waals surface area contributed by atoms with Crippen molar-refractivity contribution in [3.8, 4) is 0 Å². The summed E-state index contributed by atoms with van der Waals surface area (Å²) in [7, 11) is 2.20. The first-order chi connectivity index (χ1) is 9.28. The van der Waals surface area contributed by atoms with E-state index >= 15 is 0 Å². The van der Waals surface area contributed by atoms with E-state index < -0.39 is 0 Å². The third kappa shape index (κ3) is 2.66. The summed E-state index contributed by atoms with van der Waals surface area (Å²) in [5.41, 5.74) is 7.16. The number of thiazole rings is 1. The summed E-state index contributed by atoms with van der Waals surface area (Å²) in [4.78, 5) is 7.21. The molecule has 0 bridgehead atoms. The van der Waals surface area contributed by atoms with E-state index in [2.05, 4.69) is 36.2 Å². The lowest BCUT2D eigenvalue weighted by Gasteiger charge is -2.32. The predicted octanol–water partition coefficient (Wildman–Crippen LogP) is 2.68. The number of aromatic nitrogens is 1. The number of fused-ring (bicyclic) bond motifs is 1. The summed E-state index contributed by atoms with van der Waals surface area (Å²) in [6, 6.07) is 8.38. The molecule has 0 aliphatic carbocycles. The van der Waals surface area contributed by atoms with Gasteiger partial charge in [-0.3, -0.25) is 0 Å². The third-order valence-corrected chi connectivity index (χ3v) is 5.38. The molecule has 2 heterocycles. The Morgan fingerprint density at radius 1 is 1.37 bits per heavy atom. The standard InChI is InChI=1S/C15H21N3S/c1-18-8-6-11(7-9-18)12(10-16)15-17-13-4-2-3-5-14(13)19-15/h2-5,11-12H,6-10,16H2,1H3. The van der Waals surface area contributed by atoms with Gasteiger partial charge in [0.05, 0.1) is 15.2 Å². The Balaban J connectivity index is 1.85. The molecule has 1 aliphatic heterocycles. The molecule has 1 aromatic carbocycles. The van der Waals surface area contributed by atoms with Gasteiger partial charge >= 0.3 is 0 Å². The van der Waals surface area contributed by atoms with Gasteiger partial charge in [0.1, 0.15) is 0 Å². The fraction of sp³-hybridized carbons (Fsp3) is 0.533. The number of para-hydroxylation sites is 1. The summed E-state index contributed by atoms with van der Waals surface area (Å²) >= 11 is 1.82. The van der Waals surface area contributed by atoms with E-state index in [0.29, 0.717) is 18.4 Å². The summed E-state index contributed by atoms with van der Waals surface area (Å²) < 4.78 is 1.28. The minimum atomic E-state index is 0.436. The van der Waals surface area contributed by atoms with Crippen LogP contribution in [0.25, 0.3) is 10.2 Å². The molecule has 1 fully saturated rings. The van der Waals surface area contributed by atoms with Crippen molar-refractivity contribution in [1.29, 1.82) is 0 Å². The molecule has 3 rings (SSSR count). The van der Waals surface area contributed by atoms with Crippen LogP contribution in [0.2, 0.25) is 0 Å². The molecule has 2 N–H and O–H groups in total. The molecule has 1 aromatic heterocycles. The molecular formula is C15H21N3S. The van der Waals surface area contributed by atoms with E-state index in [9.17, 15) is 0 Å². The number of hydrogen-bond donors (Lipinski definition) is 1. The van der Waals surface area contributed by atoms with Crippen LogP contribution in [0.15, 0.2) is 24.3 Å². The highest BCUT2D eigenvalue weighted by atomic mass is 32.1. The number of benzene rings is 1. The van der Waals surface area contributed by atoms with Gasteiger partial charge in [-0.25, -0.2) is 4.98 Å². The van der Waals surface area contributed by atoms with Crippen molar-refractivity contribution in [2.75, 3.05) is 26.7 Å². The van der Waals surface area contributed by atoms with Crippen molar-refractivity contribution < 1.29 is 0 Å². The van der Waals surface area contributed by atoms with Crippen LogP contribution in [0.5, 0.6) is 0 Å². The normalized spacial score (nSPS) is 19.9. The van der Waals surface area contributed by atoms with E-state index in [0.717, 1.165) is 5.52 Å². The van der Waals surface area contributed by atoms with Crippen LogP contribution in [0.3, 0.4) is 0 Å². The average molecular weight is 275 g/mol. The van der Waals surface area contributed by atoms with Crippen LogP contribution in [0.4, 0.5) is 0 Å². The monoisotopic (exact) mass is 275 g/mol. The zero-order valence-corrected chi connectivity index (χ0v) is 12.2. The van der Waals surface area contributed by atoms with Crippen molar-refractivity contribution in [1.82, 2.24) is 9.88 Å². The minimum Gasteiger partial charge on any atom is -0.330 e. The smallest absolute Gasteiger partial charge is 0.0984 e. The van der Waals surface area contributed by atoms with Crippen molar-refractivity contribution in [3.05, 3.63) is 29.3 Å². The van der Waals surface area contributed by atoms with Gasteiger partial charge in [0.25, 0.3) is 0 Å². The van der Waals surface area contributed by atoms with Gasteiger partial charge in [0.2, 0.25) is 0 Å². The summed E-state index contributed by atoms with van der Waals surface area (Å²) in [5.74, 6) is 1.13. The lowest BCUT2D eigenvalue weighted by Crippen LogP contribution is -2.34. The molecule has 1 unspecified atom stereocenters. The second-order valence-electron chi connectivity index (χ2n) is 5.50. The Labute approximate surface area is 118 Å². The van der Waals surface area contributed by atoms with Crippen molar-refractivity contribution in [3.63, 3.8) is 0 Å². The Hall–Kier alpha value is -0.970. The van der Waals surface area contributed by atoms with E-state index in [-0.39, 0.29) is 0 Å². The number of nitrogens with zero attached hydrogens (tertiary/aromatic N) is 2. The van der Waals surface area contributed by atoms with E-state index in [1.165, 1.54) is 35.6 Å². The molecule has 4 heteroatoms. The van der Waals surface area contributed by atoms with Gasteiger partial charge in [-0.05, 0) is 51.0 Å². The number of hydrogen-bond acceptors (Lipinski definition) is 4. The first-order valence-electron chi connectivity index (χ1n) is 7.02. The molecule has 1 aliphatic rings. The van der Waals surface area contributed by atoms with E-state index in [4.69, 9.17) is 10.7 Å². The van der Waals surface area contributed by atoms with Crippen LogP contribution >= 0.6 is 11.3 Å². The highest BCUT2D eigenvalue weighted by Crippen LogP contribution is 2.35. The third-order valence-electron chi connectivity index (χ3n) is 4.21. The molecule has 102 valence electrons. The maximum absolute atomic E-state index is 6.05. The van der Waals surface area contributed by atoms with E-state index in [1.807, 2.05) is 11.3 Å². The van der Waals surface area contributed by atoms with Crippen LogP contribution in [0.1, 0.15) is 23.8 Å². The predicted molar refractivity (Wildman–Crippen MR) is 81.6 cm³/mol. The first-order valence-corrected chi connectivity index (χ1v) is 7.83. The number of likely N-dealkylation sites (tertiary alicyclic amines) is 1. The minimum absolute atomic E-state index is 0.436. The van der Waals surface area contributed by atoms with Crippen molar-refractivity contribution in [2.24, 2.45) is 11.7 Å². The molecular weight excluding hydrogens is 254 g/mol. The molecule has 0 spiro atoms. The van der Waals surface area contributed by atoms with Crippen LogP contribution in [0, 0.1) is 5.92 Å². The maximum atomic E-state index is 6.05. The average Bonchev–Trinajstić information content (AvgIpc) is 2.85. The second kappa shape index (κ2) is 5.57. The van der Waals surface area contributed by atoms with Gasteiger partial charge in [0, 0.05) is 12.5 Å². The molecule has 0 radical (unpaired) electrons. The van der Waals surface area contributed by atoms with E-state index in [1.54, 1.807) is 0 Å². The fourth-order valence-corrected chi connectivity index (χ4v) is 4.15. The van der Waals surface area contributed by atoms with Gasteiger partial charge in [-0.1, -0.05) is 12.1 Å². The number of rotatable bonds is 3. The lowest BCUT2D eigenvalue weighted by molar-refractivity contribution is 0.199. The largest absolute Gasteiger partial charge is 0.330 e. The highest BCUT2D eigenvalue weighted by molar-refractivity contribution is 7.18. The van der Waals surface area contributed by atoms with Crippen molar-refractivity contribution in [2.45, 2.75) is 18.8 Å². The Bertz CT molecular complexity index is 510. The Morgan fingerprint density at radius 3 is 2.79 bits per heavy atom. The Morgan fingerprint density at radius 2 is 2.11 bits per heavy atom. The van der Waals surface area contributed by atoms with Gasteiger partial charge in [0.15, 0.2) is 0 Å². The molecule has 19 heavy (non-hydrogen) atoms. The number of nitrogens with two attached hydrogens (primary N) is 1. The molecule has 0 saturated carbocycles. The lowest BCUT2D eigenvalue weighted by atomic mass is 9.85. The first kappa shape index (κ1) is 13.0. The highest BCUT2D eigenvalue weighted by Gasteiger charge is 2.27. The summed E-state index contributed by atoms with van der Waals surface area (Å²) in [6.45, 7) is 3.09. The SMILES string of the molecule is CN1CCC(C(CN)c2nc3ccccc3s2)CC1. The van der Waals surface area contributed by atoms with Gasteiger partial charge < -0.3 is 10.6 Å². The number of piperidine rings is 1. The topological polar surface area (TPSA) is 42.1 Å². The van der Waals surface area contributed by atoms with Crippen LogP contribution < -0.4 is 5.73 Å². The van der Waals surface area contributed by atoms with Crippen LogP contribution in [-0.4, -0.2) is 36.6 Å². The van der Waals surface area contributed by atoms with Gasteiger partial charge in [-0.15, -0.1) is 11.3 Å². The summed E-state index contributed by atoms with van der Waals surface area (Å²) in [6.07, 6.45) is 2.49. The quantitative estimate of drug-likeness (QED) is 0.936. The second-order valence-corrected chi connectivity index (χ2v) is 6.56. The Kier molecular flexibility index (Phi) is 3.82.